The Balaban J connectivity index is 2.30. The molecule has 0 radical (unpaired) electrons. The van der Waals surface area contributed by atoms with Gasteiger partial charge in [0.25, 0.3) is 5.91 Å². The predicted octanol–water partition coefficient (Wildman–Crippen LogP) is 3.53. The molecule has 0 bridgehead atoms. The van der Waals surface area contributed by atoms with E-state index < -0.39 is 23.2 Å². The molecule has 0 spiro atoms. The molecule has 2 rings (SSSR count). The van der Waals surface area contributed by atoms with Crippen molar-refractivity contribution in [3.63, 3.8) is 0 Å². The summed E-state index contributed by atoms with van der Waals surface area (Å²) in [5.74, 6) is -2.08. The molecule has 0 heterocycles. The van der Waals surface area contributed by atoms with Gasteiger partial charge < -0.3 is 5.32 Å². The maximum atomic E-state index is 13.7. The van der Waals surface area contributed by atoms with E-state index in [1.165, 1.54) is 13.0 Å². The minimum Gasteiger partial charge on any atom is -0.317 e. The number of rotatable bonds is 2. The number of carbonyl (C=O) groups is 1. The van der Waals surface area contributed by atoms with E-state index in [1.54, 1.807) is 30.3 Å². The Morgan fingerprint density at radius 3 is 2.39 bits per heavy atom. The van der Waals surface area contributed by atoms with Gasteiger partial charge in [0.05, 0.1) is 0 Å². The topological polar surface area (TPSA) is 29.1 Å². The average Bonchev–Trinajstić information content (AvgIpc) is 2.40. The van der Waals surface area contributed by atoms with Crippen molar-refractivity contribution >= 4 is 11.6 Å². The van der Waals surface area contributed by atoms with Gasteiger partial charge in [-0.3, -0.25) is 4.79 Å². The summed E-state index contributed by atoms with van der Waals surface area (Å²) < 4.78 is 27.1. The van der Waals surface area contributed by atoms with E-state index >= 15 is 0 Å². The zero-order valence-electron chi connectivity index (χ0n) is 9.71. The van der Waals surface area contributed by atoms with Crippen molar-refractivity contribution in [2.45, 2.75) is 6.92 Å². The molecule has 4 heteroatoms. The number of nitrogens with one attached hydrogen (secondary N) is 1. The maximum absolute atomic E-state index is 13.7. The van der Waals surface area contributed by atoms with Crippen LogP contribution in [0, 0.1) is 18.6 Å². The third-order valence-electron chi connectivity index (χ3n) is 2.56. The van der Waals surface area contributed by atoms with Crippen LogP contribution in [-0.2, 0) is 0 Å². The highest BCUT2D eigenvalue weighted by molar-refractivity contribution is 6.04. The summed E-state index contributed by atoms with van der Waals surface area (Å²) in [4.78, 5) is 11.8. The summed E-state index contributed by atoms with van der Waals surface area (Å²) in [5, 5.41) is 2.25. The molecule has 0 aliphatic heterocycles. The smallest absolute Gasteiger partial charge is 0.255 e. The Morgan fingerprint density at radius 2 is 1.72 bits per heavy atom. The second-order valence-corrected chi connectivity index (χ2v) is 3.87. The molecule has 0 aliphatic rings. The van der Waals surface area contributed by atoms with Gasteiger partial charge in [-0.05, 0) is 30.7 Å². The lowest BCUT2D eigenvalue weighted by molar-refractivity contribution is 0.102. The molecule has 2 aromatic rings. The first-order chi connectivity index (χ1) is 8.59. The molecule has 1 N–H and O–H groups in total. The van der Waals surface area contributed by atoms with Gasteiger partial charge in [-0.1, -0.05) is 24.3 Å². The molecule has 0 saturated heterocycles. The number of anilines is 1. The molecule has 0 saturated carbocycles. The molecule has 92 valence electrons. The molecule has 0 aliphatic carbocycles. The monoisotopic (exact) mass is 247 g/mol. The van der Waals surface area contributed by atoms with Crippen molar-refractivity contribution in [1.82, 2.24) is 0 Å². The third kappa shape index (κ3) is 2.37. The number of halogens is 2. The molecular formula is C14H11F2NO. The van der Waals surface area contributed by atoms with Crippen molar-refractivity contribution < 1.29 is 13.6 Å². The van der Waals surface area contributed by atoms with E-state index in [2.05, 4.69) is 5.32 Å². The van der Waals surface area contributed by atoms with Crippen LogP contribution in [0.1, 0.15) is 15.9 Å². The van der Waals surface area contributed by atoms with Crippen LogP contribution in [0.4, 0.5) is 14.5 Å². The van der Waals surface area contributed by atoms with E-state index in [9.17, 15) is 13.6 Å². The molecule has 18 heavy (non-hydrogen) atoms. The fourth-order valence-corrected chi connectivity index (χ4v) is 1.55. The van der Waals surface area contributed by atoms with Crippen molar-refractivity contribution in [2.24, 2.45) is 0 Å². The fourth-order valence-electron chi connectivity index (χ4n) is 1.55. The highest BCUT2D eigenvalue weighted by atomic mass is 19.1. The standard InChI is InChI=1S/C14H11F2NO/c1-9-7-8-11(15)13(12(9)16)17-14(18)10-5-3-2-4-6-10/h2-8H,1H3,(H,17,18). The molecular weight excluding hydrogens is 236 g/mol. The van der Waals surface area contributed by atoms with E-state index in [0.29, 0.717) is 5.56 Å². The average molecular weight is 247 g/mol. The second kappa shape index (κ2) is 4.96. The molecule has 0 fully saturated rings. The van der Waals surface area contributed by atoms with Gasteiger partial charge in [-0.15, -0.1) is 0 Å². The first-order valence-electron chi connectivity index (χ1n) is 5.40. The quantitative estimate of drug-likeness (QED) is 0.864. The van der Waals surface area contributed by atoms with Crippen LogP contribution in [0.25, 0.3) is 0 Å². The van der Waals surface area contributed by atoms with Crippen molar-refractivity contribution in [3.05, 3.63) is 65.2 Å². The first kappa shape index (κ1) is 12.2. The van der Waals surface area contributed by atoms with Gasteiger partial charge in [-0.2, -0.15) is 0 Å². The van der Waals surface area contributed by atoms with Crippen LogP contribution in [0.3, 0.4) is 0 Å². The predicted molar refractivity (Wildman–Crippen MR) is 65.5 cm³/mol. The molecule has 0 aromatic heterocycles. The highest BCUT2D eigenvalue weighted by Crippen LogP contribution is 2.22. The van der Waals surface area contributed by atoms with Crippen LogP contribution in [0.2, 0.25) is 0 Å². The normalized spacial score (nSPS) is 10.2. The Hall–Kier alpha value is -2.23. The Morgan fingerprint density at radius 1 is 1.06 bits per heavy atom. The Labute approximate surface area is 103 Å². The van der Waals surface area contributed by atoms with Crippen LogP contribution >= 0.6 is 0 Å². The van der Waals surface area contributed by atoms with E-state index in [-0.39, 0.29) is 5.56 Å². The van der Waals surface area contributed by atoms with Crippen molar-refractivity contribution in [2.75, 3.05) is 5.32 Å². The van der Waals surface area contributed by atoms with E-state index in [1.807, 2.05) is 0 Å². The summed E-state index contributed by atoms with van der Waals surface area (Å²) in [6.45, 7) is 1.51. The SMILES string of the molecule is Cc1ccc(F)c(NC(=O)c2ccccc2)c1F. The number of amides is 1. The van der Waals surface area contributed by atoms with Crippen LogP contribution in [-0.4, -0.2) is 5.91 Å². The first-order valence-corrected chi connectivity index (χ1v) is 5.40. The molecule has 0 atom stereocenters. The summed E-state index contributed by atoms with van der Waals surface area (Å²) >= 11 is 0. The van der Waals surface area contributed by atoms with Gasteiger partial charge in [-0.25, -0.2) is 8.78 Å². The molecule has 0 unspecified atom stereocenters. The molecule has 2 nitrogen and oxygen atoms in total. The van der Waals surface area contributed by atoms with Gasteiger partial charge in [0.2, 0.25) is 0 Å². The second-order valence-electron chi connectivity index (χ2n) is 3.87. The zero-order valence-corrected chi connectivity index (χ0v) is 9.71. The summed E-state index contributed by atoms with van der Waals surface area (Å²) in [6, 6.07) is 10.7. The maximum Gasteiger partial charge on any atom is 0.255 e. The van der Waals surface area contributed by atoms with Gasteiger partial charge >= 0.3 is 0 Å². The van der Waals surface area contributed by atoms with Gasteiger partial charge in [0, 0.05) is 5.56 Å². The van der Waals surface area contributed by atoms with Crippen molar-refractivity contribution in [3.8, 4) is 0 Å². The summed E-state index contributed by atoms with van der Waals surface area (Å²) in [5.41, 5.74) is 0.210. The third-order valence-corrected chi connectivity index (χ3v) is 2.56. The summed E-state index contributed by atoms with van der Waals surface area (Å²) in [7, 11) is 0. The lowest BCUT2D eigenvalue weighted by Gasteiger charge is -2.09. The minimum absolute atomic E-state index is 0.278. The van der Waals surface area contributed by atoms with Gasteiger partial charge in [0.1, 0.15) is 11.5 Å². The number of hydrogen-bond acceptors (Lipinski definition) is 1. The Bertz CT molecular complexity index is 582. The Kier molecular flexibility index (Phi) is 3.37. The molecule has 2 aromatic carbocycles. The number of benzene rings is 2. The van der Waals surface area contributed by atoms with E-state index in [4.69, 9.17) is 0 Å². The largest absolute Gasteiger partial charge is 0.317 e. The number of aryl methyl sites for hydroxylation is 1. The lowest BCUT2D eigenvalue weighted by Crippen LogP contribution is -2.14. The van der Waals surface area contributed by atoms with Crippen molar-refractivity contribution in [1.29, 1.82) is 0 Å². The zero-order chi connectivity index (χ0) is 13.1. The number of carbonyl (C=O) groups excluding carboxylic acids is 1. The van der Waals surface area contributed by atoms with Crippen LogP contribution in [0.15, 0.2) is 42.5 Å². The highest BCUT2D eigenvalue weighted by Gasteiger charge is 2.14. The lowest BCUT2D eigenvalue weighted by atomic mass is 10.1. The minimum atomic E-state index is -0.789. The summed E-state index contributed by atoms with van der Waals surface area (Å²) in [6.07, 6.45) is 0. The van der Waals surface area contributed by atoms with E-state index in [0.717, 1.165) is 6.07 Å². The van der Waals surface area contributed by atoms with Crippen LogP contribution < -0.4 is 5.32 Å². The van der Waals surface area contributed by atoms with Gasteiger partial charge in [0.15, 0.2) is 5.82 Å². The fraction of sp³-hybridized carbons (Fsp3) is 0.0714. The van der Waals surface area contributed by atoms with Crippen LogP contribution in [0.5, 0.6) is 0 Å². The number of hydrogen-bond donors (Lipinski definition) is 1. The molecule has 1 amide bonds.